The number of hydrogen-bond acceptors (Lipinski definition) is 3. The van der Waals surface area contributed by atoms with Gasteiger partial charge >= 0.3 is 5.97 Å². The van der Waals surface area contributed by atoms with E-state index in [4.69, 9.17) is 4.74 Å². The summed E-state index contributed by atoms with van der Waals surface area (Å²) in [5.74, 6) is 0.888. The lowest BCUT2D eigenvalue weighted by molar-refractivity contribution is -0.157. The van der Waals surface area contributed by atoms with Crippen molar-refractivity contribution in [2.45, 2.75) is 110 Å². The molecular weight excluding hydrogens is 310 g/mol. The zero-order valence-corrected chi connectivity index (χ0v) is 16.4. The Morgan fingerprint density at radius 3 is 2.24 bits per heavy atom. The Labute approximate surface area is 154 Å². The van der Waals surface area contributed by atoms with E-state index in [1.165, 1.54) is 32.1 Å². The highest BCUT2D eigenvalue weighted by molar-refractivity contribution is 5.72. The minimum absolute atomic E-state index is 0.0130. The van der Waals surface area contributed by atoms with Crippen LogP contribution in [0.3, 0.4) is 0 Å². The molecule has 2 fully saturated rings. The molecule has 0 atom stereocenters. The van der Waals surface area contributed by atoms with Gasteiger partial charge in [0.15, 0.2) is 0 Å². The van der Waals surface area contributed by atoms with Gasteiger partial charge in [0.2, 0.25) is 0 Å². The second kappa shape index (κ2) is 10.2. The maximum atomic E-state index is 12.5. The van der Waals surface area contributed by atoms with E-state index in [2.05, 4.69) is 19.9 Å². The number of nitriles is 1. The largest absolute Gasteiger partial charge is 0.462 e. The van der Waals surface area contributed by atoms with Gasteiger partial charge in [-0.1, -0.05) is 46.0 Å². The molecule has 0 aromatic carbocycles. The molecule has 0 N–H and O–H groups in total. The van der Waals surface area contributed by atoms with Crippen LogP contribution in [0.1, 0.15) is 104 Å². The number of nitrogens with zero attached hydrogens (tertiary/aromatic N) is 1. The first kappa shape index (κ1) is 20.3. The zero-order valence-electron chi connectivity index (χ0n) is 16.4. The molecule has 2 aliphatic carbocycles. The first-order valence-electron chi connectivity index (χ1n) is 10.7. The normalized spacial score (nSPS) is 32.8. The summed E-state index contributed by atoms with van der Waals surface area (Å²) in [5.41, 5.74) is -0.176. The molecule has 0 radical (unpaired) electrons. The topological polar surface area (TPSA) is 50.1 Å². The Kier molecular flexibility index (Phi) is 8.27. The lowest BCUT2D eigenvalue weighted by Crippen LogP contribution is -2.33. The summed E-state index contributed by atoms with van der Waals surface area (Å²) >= 11 is 0. The van der Waals surface area contributed by atoms with Crippen LogP contribution in [0.4, 0.5) is 0 Å². The lowest BCUT2D eigenvalue weighted by atomic mass is 9.69. The van der Waals surface area contributed by atoms with Crippen LogP contribution >= 0.6 is 0 Å². The smallest absolute Gasteiger partial charge is 0.309 e. The van der Waals surface area contributed by atoms with E-state index in [-0.39, 0.29) is 23.4 Å². The van der Waals surface area contributed by atoms with Crippen molar-refractivity contribution >= 4 is 5.97 Å². The van der Waals surface area contributed by atoms with Gasteiger partial charge in [0.1, 0.15) is 6.10 Å². The maximum Gasteiger partial charge on any atom is 0.309 e. The maximum absolute atomic E-state index is 12.5. The highest BCUT2D eigenvalue weighted by Gasteiger charge is 2.38. The summed E-state index contributed by atoms with van der Waals surface area (Å²) in [5, 5.41) is 9.57. The molecule has 3 heteroatoms. The number of carbonyl (C=O) groups is 1. The van der Waals surface area contributed by atoms with Gasteiger partial charge < -0.3 is 4.74 Å². The Balaban J connectivity index is 1.71. The monoisotopic (exact) mass is 347 g/mol. The van der Waals surface area contributed by atoms with Gasteiger partial charge in [0.05, 0.1) is 17.4 Å². The van der Waals surface area contributed by atoms with Crippen LogP contribution in [-0.2, 0) is 9.53 Å². The van der Waals surface area contributed by atoms with E-state index in [0.717, 1.165) is 63.7 Å². The molecular formula is C22H37NO2. The molecule has 2 aliphatic rings. The molecule has 0 unspecified atom stereocenters. The van der Waals surface area contributed by atoms with Crippen LogP contribution in [0.2, 0.25) is 0 Å². The van der Waals surface area contributed by atoms with Crippen molar-refractivity contribution < 1.29 is 9.53 Å². The predicted molar refractivity (Wildman–Crippen MR) is 101 cm³/mol. The second-order valence-corrected chi connectivity index (χ2v) is 8.49. The zero-order chi connectivity index (χ0) is 18.1. The molecule has 2 saturated carbocycles. The summed E-state index contributed by atoms with van der Waals surface area (Å²) in [7, 11) is 0. The molecule has 0 aromatic rings. The second-order valence-electron chi connectivity index (χ2n) is 8.49. The number of rotatable bonds is 8. The average Bonchev–Trinajstić information content (AvgIpc) is 2.66. The minimum atomic E-state index is -0.176. The van der Waals surface area contributed by atoms with Crippen LogP contribution in [0.15, 0.2) is 0 Å². The van der Waals surface area contributed by atoms with E-state index < -0.39 is 0 Å². The number of hydrogen-bond donors (Lipinski definition) is 0. The third-order valence-electron chi connectivity index (χ3n) is 6.56. The fourth-order valence-corrected chi connectivity index (χ4v) is 4.63. The Morgan fingerprint density at radius 2 is 1.68 bits per heavy atom. The third kappa shape index (κ3) is 6.01. The van der Waals surface area contributed by atoms with Crippen molar-refractivity contribution in [3.63, 3.8) is 0 Å². The van der Waals surface area contributed by atoms with Gasteiger partial charge in [0, 0.05) is 0 Å². The van der Waals surface area contributed by atoms with Gasteiger partial charge in [-0.05, 0) is 63.7 Å². The highest BCUT2D eigenvalue weighted by Crippen LogP contribution is 2.43. The van der Waals surface area contributed by atoms with Gasteiger partial charge in [0.25, 0.3) is 0 Å². The molecule has 0 saturated heterocycles. The molecule has 0 aliphatic heterocycles. The summed E-state index contributed by atoms with van der Waals surface area (Å²) in [4.78, 5) is 12.5. The fraction of sp³-hybridized carbons (Fsp3) is 0.909. The van der Waals surface area contributed by atoms with E-state index >= 15 is 0 Å². The molecule has 2 rings (SSSR count). The van der Waals surface area contributed by atoms with Gasteiger partial charge in [-0.25, -0.2) is 0 Å². The first-order valence-corrected chi connectivity index (χ1v) is 10.7. The molecule has 0 heterocycles. The lowest BCUT2D eigenvalue weighted by Gasteiger charge is -2.35. The van der Waals surface area contributed by atoms with Crippen molar-refractivity contribution in [2.75, 3.05) is 0 Å². The minimum Gasteiger partial charge on any atom is -0.462 e. The first-order chi connectivity index (χ1) is 12.1. The SMILES string of the molecule is CCCC[C@H]1CC[C@H](OC(=O)[C@H]2CC[C@](C#N)(CCCC)CC2)CC1. The Bertz CT molecular complexity index is 437. The number of esters is 1. The van der Waals surface area contributed by atoms with Crippen LogP contribution in [-0.4, -0.2) is 12.1 Å². The number of ether oxygens (including phenoxy) is 1. The van der Waals surface area contributed by atoms with Gasteiger partial charge in [-0.15, -0.1) is 0 Å². The fourth-order valence-electron chi connectivity index (χ4n) is 4.63. The molecule has 142 valence electrons. The van der Waals surface area contributed by atoms with Crippen LogP contribution in [0, 0.1) is 28.6 Å². The van der Waals surface area contributed by atoms with Gasteiger partial charge in [-0.2, -0.15) is 5.26 Å². The molecule has 0 spiro atoms. The summed E-state index contributed by atoms with van der Waals surface area (Å²) in [6, 6.07) is 2.56. The molecule has 3 nitrogen and oxygen atoms in total. The van der Waals surface area contributed by atoms with E-state index in [0.29, 0.717) is 0 Å². The summed E-state index contributed by atoms with van der Waals surface area (Å²) in [6.45, 7) is 4.42. The average molecular weight is 348 g/mol. The molecule has 0 amide bonds. The quantitative estimate of drug-likeness (QED) is 0.493. The number of carbonyl (C=O) groups excluding carboxylic acids is 1. The molecule has 0 aromatic heterocycles. The molecule has 0 bridgehead atoms. The van der Waals surface area contributed by atoms with Crippen LogP contribution in [0.5, 0.6) is 0 Å². The van der Waals surface area contributed by atoms with Crippen molar-refractivity contribution in [2.24, 2.45) is 17.3 Å². The highest BCUT2D eigenvalue weighted by atomic mass is 16.5. The summed E-state index contributed by atoms with van der Waals surface area (Å²) in [6.07, 6.45) is 15.3. The summed E-state index contributed by atoms with van der Waals surface area (Å²) < 4.78 is 5.84. The predicted octanol–water partition coefficient (Wildman–Crippen LogP) is 6.17. The van der Waals surface area contributed by atoms with E-state index in [9.17, 15) is 10.1 Å². The standard InChI is InChI=1S/C22H37NO2/c1-3-5-7-18-8-10-20(11-9-18)25-21(24)19-12-15-22(17-23,16-13-19)14-6-4-2/h18-20H,3-16H2,1-2H3/t18-,19-,20-,22+. The Morgan fingerprint density at radius 1 is 1.04 bits per heavy atom. The van der Waals surface area contributed by atoms with E-state index in [1.54, 1.807) is 0 Å². The molecule has 25 heavy (non-hydrogen) atoms. The van der Waals surface area contributed by atoms with Crippen LogP contribution in [0.25, 0.3) is 0 Å². The third-order valence-corrected chi connectivity index (χ3v) is 6.56. The van der Waals surface area contributed by atoms with E-state index in [1.807, 2.05) is 0 Å². The van der Waals surface area contributed by atoms with Gasteiger partial charge in [-0.3, -0.25) is 4.79 Å². The Hall–Kier alpha value is -1.04. The van der Waals surface area contributed by atoms with Crippen molar-refractivity contribution in [3.05, 3.63) is 0 Å². The van der Waals surface area contributed by atoms with Crippen molar-refractivity contribution in [1.82, 2.24) is 0 Å². The number of unbranched alkanes of at least 4 members (excludes halogenated alkanes) is 2. The van der Waals surface area contributed by atoms with Crippen molar-refractivity contribution in [1.29, 1.82) is 5.26 Å². The van der Waals surface area contributed by atoms with Crippen molar-refractivity contribution in [3.8, 4) is 6.07 Å². The van der Waals surface area contributed by atoms with Crippen LogP contribution < -0.4 is 0 Å².